The third-order valence-electron chi connectivity index (χ3n) is 2.50. The number of aromatic carboxylic acids is 1. The fraction of sp³-hybridized carbons (Fsp3) is 0.0769. The Hall–Kier alpha value is -2.12. The average Bonchev–Trinajstić information content (AvgIpc) is 2.40. The minimum atomic E-state index is -3.28. The number of halogens is 1. The molecule has 0 saturated heterocycles. The number of carboxylic acids is 1. The van der Waals surface area contributed by atoms with Crippen LogP contribution in [0.3, 0.4) is 0 Å². The molecule has 0 aliphatic carbocycles. The Balaban J connectivity index is 2.26. The summed E-state index contributed by atoms with van der Waals surface area (Å²) in [5.41, 5.74) is -0.318. The van der Waals surface area contributed by atoms with Crippen LogP contribution in [0.15, 0.2) is 41.3 Å². The van der Waals surface area contributed by atoms with Crippen LogP contribution in [0.1, 0.15) is 10.5 Å². The summed E-state index contributed by atoms with van der Waals surface area (Å²) in [4.78, 5) is 14.8. The molecule has 0 bridgehead atoms. The normalized spacial score (nSPS) is 11.1. The quantitative estimate of drug-likeness (QED) is 0.927. The molecule has 1 N–H and O–H groups in total. The van der Waals surface area contributed by atoms with Crippen molar-refractivity contribution >= 4 is 27.4 Å². The van der Waals surface area contributed by atoms with Crippen LogP contribution in [0.2, 0.25) is 5.02 Å². The van der Waals surface area contributed by atoms with Crippen LogP contribution in [-0.2, 0) is 9.84 Å². The van der Waals surface area contributed by atoms with Gasteiger partial charge in [-0.05, 0) is 30.3 Å². The van der Waals surface area contributed by atoms with Gasteiger partial charge in [-0.1, -0.05) is 11.6 Å². The number of hydrogen-bond acceptors (Lipinski definition) is 5. The molecule has 1 aromatic heterocycles. The summed E-state index contributed by atoms with van der Waals surface area (Å²) < 4.78 is 28.0. The van der Waals surface area contributed by atoms with Gasteiger partial charge in [0.1, 0.15) is 5.75 Å². The number of nitrogens with zero attached hydrogens (tertiary/aromatic N) is 1. The Morgan fingerprint density at radius 3 is 2.33 bits per heavy atom. The lowest BCUT2D eigenvalue weighted by atomic mass is 10.3. The zero-order valence-corrected chi connectivity index (χ0v) is 12.4. The zero-order chi connectivity index (χ0) is 15.6. The van der Waals surface area contributed by atoms with E-state index in [4.69, 9.17) is 21.4 Å². The maximum absolute atomic E-state index is 11.3. The first-order valence-electron chi connectivity index (χ1n) is 5.65. The molecule has 0 radical (unpaired) electrons. The van der Waals surface area contributed by atoms with Crippen LogP contribution in [0.4, 0.5) is 0 Å². The van der Waals surface area contributed by atoms with Crippen molar-refractivity contribution < 1.29 is 23.1 Å². The van der Waals surface area contributed by atoms with Gasteiger partial charge in [-0.15, -0.1) is 0 Å². The van der Waals surface area contributed by atoms with E-state index >= 15 is 0 Å². The molecule has 2 aromatic rings. The summed E-state index contributed by atoms with van der Waals surface area (Å²) in [6, 6.07) is 8.45. The maximum atomic E-state index is 11.3. The van der Waals surface area contributed by atoms with Gasteiger partial charge >= 0.3 is 5.97 Å². The molecular weight excluding hydrogens is 318 g/mol. The van der Waals surface area contributed by atoms with Crippen molar-refractivity contribution in [2.45, 2.75) is 4.90 Å². The minimum absolute atomic E-state index is 0.00211. The van der Waals surface area contributed by atoms with E-state index < -0.39 is 15.8 Å². The van der Waals surface area contributed by atoms with Crippen LogP contribution in [-0.4, -0.2) is 30.7 Å². The van der Waals surface area contributed by atoms with E-state index in [9.17, 15) is 13.2 Å². The summed E-state index contributed by atoms with van der Waals surface area (Å²) in [5, 5.41) is 8.92. The van der Waals surface area contributed by atoms with E-state index in [0.717, 1.165) is 6.26 Å². The second kappa shape index (κ2) is 5.71. The molecule has 0 aliphatic rings. The van der Waals surface area contributed by atoms with Gasteiger partial charge < -0.3 is 9.84 Å². The van der Waals surface area contributed by atoms with Gasteiger partial charge in [0.05, 0.1) is 9.92 Å². The molecule has 0 fully saturated rings. The van der Waals surface area contributed by atoms with E-state index in [1.165, 1.54) is 36.4 Å². The zero-order valence-electron chi connectivity index (χ0n) is 10.8. The van der Waals surface area contributed by atoms with Crippen molar-refractivity contribution in [2.24, 2.45) is 0 Å². The van der Waals surface area contributed by atoms with Crippen LogP contribution in [0, 0.1) is 0 Å². The summed E-state index contributed by atoms with van der Waals surface area (Å²) >= 11 is 5.70. The molecule has 0 saturated carbocycles. The highest BCUT2D eigenvalue weighted by Gasteiger charge is 2.13. The highest BCUT2D eigenvalue weighted by molar-refractivity contribution is 7.90. The Morgan fingerprint density at radius 1 is 1.19 bits per heavy atom. The molecule has 0 spiro atoms. The predicted octanol–water partition coefficient (Wildman–Crippen LogP) is 2.63. The molecular formula is C13H10ClNO5S. The Kier molecular flexibility index (Phi) is 4.15. The predicted molar refractivity (Wildman–Crippen MR) is 75.8 cm³/mol. The van der Waals surface area contributed by atoms with Crippen molar-refractivity contribution in [1.82, 2.24) is 4.98 Å². The lowest BCUT2D eigenvalue weighted by Gasteiger charge is -2.07. The van der Waals surface area contributed by atoms with Gasteiger partial charge in [0.2, 0.25) is 5.88 Å². The Bertz CT molecular complexity index is 787. The monoisotopic (exact) mass is 327 g/mol. The third-order valence-corrected chi connectivity index (χ3v) is 3.93. The van der Waals surface area contributed by atoms with Gasteiger partial charge in [0.15, 0.2) is 15.5 Å². The SMILES string of the molecule is CS(=O)(=O)c1ccc(Oc2ccc(Cl)c(C(=O)O)n2)cc1. The molecule has 0 atom stereocenters. The first-order chi connectivity index (χ1) is 9.77. The molecule has 0 amide bonds. The smallest absolute Gasteiger partial charge is 0.356 e. The second-order valence-electron chi connectivity index (χ2n) is 4.13. The van der Waals surface area contributed by atoms with Crippen molar-refractivity contribution in [2.75, 3.05) is 6.26 Å². The van der Waals surface area contributed by atoms with Crippen molar-refractivity contribution in [3.8, 4) is 11.6 Å². The van der Waals surface area contributed by atoms with Crippen molar-refractivity contribution in [1.29, 1.82) is 0 Å². The summed E-state index contributed by atoms with van der Waals surface area (Å²) in [6.45, 7) is 0. The number of ether oxygens (including phenoxy) is 1. The molecule has 0 aliphatic heterocycles. The highest BCUT2D eigenvalue weighted by Crippen LogP contribution is 2.24. The van der Waals surface area contributed by atoms with E-state index in [1.807, 2.05) is 0 Å². The van der Waals surface area contributed by atoms with Gasteiger partial charge in [-0.25, -0.2) is 18.2 Å². The van der Waals surface area contributed by atoms with Crippen LogP contribution < -0.4 is 4.74 Å². The van der Waals surface area contributed by atoms with Gasteiger partial charge in [-0.3, -0.25) is 0 Å². The van der Waals surface area contributed by atoms with E-state index in [0.29, 0.717) is 5.75 Å². The van der Waals surface area contributed by atoms with Gasteiger partial charge in [0, 0.05) is 12.3 Å². The number of aromatic nitrogens is 1. The fourth-order valence-electron chi connectivity index (χ4n) is 1.51. The Labute approximate surface area is 125 Å². The minimum Gasteiger partial charge on any atom is -0.476 e. The molecule has 0 unspecified atom stereocenters. The molecule has 1 aromatic carbocycles. The average molecular weight is 328 g/mol. The Morgan fingerprint density at radius 2 is 1.81 bits per heavy atom. The number of hydrogen-bond donors (Lipinski definition) is 1. The van der Waals surface area contributed by atoms with Crippen LogP contribution in [0.5, 0.6) is 11.6 Å². The number of pyridine rings is 1. The number of rotatable bonds is 4. The highest BCUT2D eigenvalue weighted by atomic mass is 35.5. The number of benzene rings is 1. The lowest BCUT2D eigenvalue weighted by molar-refractivity contribution is 0.0690. The third kappa shape index (κ3) is 3.71. The lowest BCUT2D eigenvalue weighted by Crippen LogP contribution is -2.02. The maximum Gasteiger partial charge on any atom is 0.356 e. The number of carboxylic acid groups (broad SMARTS) is 1. The summed E-state index contributed by atoms with van der Waals surface area (Å²) in [7, 11) is -3.28. The summed E-state index contributed by atoms with van der Waals surface area (Å²) in [6.07, 6.45) is 1.10. The van der Waals surface area contributed by atoms with E-state index in [1.54, 1.807) is 0 Å². The van der Waals surface area contributed by atoms with Crippen LogP contribution >= 0.6 is 11.6 Å². The molecule has 21 heavy (non-hydrogen) atoms. The van der Waals surface area contributed by atoms with E-state index in [-0.39, 0.29) is 21.5 Å². The van der Waals surface area contributed by atoms with Gasteiger partial charge in [-0.2, -0.15) is 0 Å². The largest absolute Gasteiger partial charge is 0.476 e. The second-order valence-corrected chi connectivity index (χ2v) is 6.55. The van der Waals surface area contributed by atoms with Gasteiger partial charge in [0.25, 0.3) is 0 Å². The van der Waals surface area contributed by atoms with Crippen molar-refractivity contribution in [3.05, 3.63) is 47.1 Å². The molecule has 1 heterocycles. The molecule has 110 valence electrons. The number of carbonyl (C=O) groups is 1. The first kappa shape index (κ1) is 15.3. The fourth-order valence-corrected chi connectivity index (χ4v) is 2.32. The van der Waals surface area contributed by atoms with Crippen LogP contribution in [0.25, 0.3) is 0 Å². The first-order valence-corrected chi connectivity index (χ1v) is 7.92. The van der Waals surface area contributed by atoms with E-state index in [2.05, 4.69) is 4.98 Å². The molecule has 8 heteroatoms. The van der Waals surface area contributed by atoms with Crippen molar-refractivity contribution in [3.63, 3.8) is 0 Å². The molecule has 6 nitrogen and oxygen atoms in total. The summed E-state index contributed by atoms with van der Waals surface area (Å²) in [5.74, 6) is -0.893. The topological polar surface area (TPSA) is 93.6 Å². The number of sulfone groups is 1. The standard InChI is InChI=1S/C13H10ClNO5S/c1-21(18,19)9-4-2-8(3-5-9)20-11-7-6-10(14)12(15-11)13(16)17/h2-7H,1H3,(H,16,17). The molecule has 2 rings (SSSR count).